The van der Waals surface area contributed by atoms with Gasteiger partial charge in [-0.25, -0.2) is 15.0 Å². The Morgan fingerprint density at radius 3 is 2.42 bits per heavy atom. The van der Waals surface area contributed by atoms with E-state index in [0.717, 1.165) is 24.1 Å². The number of hydrogen-bond donors (Lipinski definition) is 0. The number of anilines is 1. The summed E-state index contributed by atoms with van der Waals surface area (Å²) in [6.07, 6.45) is 0.729. The maximum absolute atomic E-state index is 13.1. The molecule has 3 atom stereocenters. The summed E-state index contributed by atoms with van der Waals surface area (Å²) in [5.41, 5.74) is 2.30. The Morgan fingerprint density at radius 1 is 1.17 bits per heavy atom. The minimum atomic E-state index is -4.64. The molecule has 11 heteroatoms. The van der Waals surface area contributed by atoms with Crippen LogP contribution in [0.4, 0.5) is 19.1 Å². The standard InChI is InChI=1S/C25H32F3N5O3/c1-13(2)18-9-29-23(25(26,27)28)32-21(18)36-12-17-11-35-20(17)8-14(3)19-10-30-24(31-15(19)4)33(5)22(34)16-6-7-16/h9-10,13-14,16-17,20H,6-8,11-12H2,1-5H3/t14-,17?,20?/m1/s1. The van der Waals surface area contributed by atoms with E-state index in [1.807, 2.05) is 20.8 Å². The highest BCUT2D eigenvalue weighted by atomic mass is 19.4. The molecule has 1 amide bonds. The largest absolute Gasteiger partial charge is 0.477 e. The van der Waals surface area contributed by atoms with Crippen LogP contribution in [-0.2, 0) is 15.7 Å². The Kier molecular flexibility index (Phi) is 7.49. The number of aromatic nitrogens is 4. The molecule has 1 saturated heterocycles. The molecule has 2 aromatic heterocycles. The van der Waals surface area contributed by atoms with Crippen molar-refractivity contribution < 1.29 is 27.4 Å². The summed E-state index contributed by atoms with van der Waals surface area (Å²) in [6.45, 7) is 8.33. The van der Waals surface area contributed by atoms with E-state index in [0.29, 0.717) is 24.5 Å². The van der Waals surface area contributed by atoms with Crippen LogP contribution in [0.5, 0.6) is 5.88 Å². The van der Waals surface area contributed by atoms with Gasteiger partial charge in [0.25, 0.3) is 0 Å². The average Bonchev–Trinajstić information content (AvgIpc) is 3.65. The minimum absolute atomic E-state index is 0.0274. The number of hydrogen-bond acceptors (Lipinski definition) is 7. The van der Waals surface area contributed by atoms with Crippen molar-refractivity contribution in [2.45, 2.75) is 71.1 Å². The minimum Gasteiger partial charge on any atom is -0.477 e. The normalized spacial score (nSPS) is 20.7. The van der Waals surface area contributed by atoms with Crippen LogP contribution >= 0.6 is 0 Å². The number of carbonyl (C=O) groups is 1. The maximum Gasteiger partial charge on any atom is 0.451 e. The first-order chi connectivity index (χ1) is 17.0. The smallest absolute Gasteiger partial charge is 0.451 e. The van der Waals surface area contributed by atoms with Gasteiger partial charge in [-0.3, -0.25) is 9.69 Å². The topological polar surface area (TPSA) is 90.3 Å². The summed E-state index contributed by atoms with van der Waals surface area (Å²) in [5.74, 6) is -0.677. The van der Waals surface area contributed by atoms with E-state index < -0.39 is 12.0 Å². The van der Waals surface area contributed by atoms with Gasteiger partial charge in [-0.05, 0) is 43.6 Å². The number of carbonyl (C=O) groups excluding carboxylic acids is 1. The highest BCUT2D eigenvalue weighted by Gasteiger charge is 2.38. The van der Waals surface area contributed by atoms with Gasteiger partial charge >= 0.3 is 6.18 Å². The lowest BCUT2D eigenvalue weighted by Gasteiger charge is -2.38. The van der Waals surface area contributed by atoms with Crippen LogP contribution in [0.3, 0.4) is 0 Å². The monoisotopic (exact) mass is 507 g/mol. The van der Waals surface area contributed by atoms with E-state index in [4.69, 9.17) is 9.47 Å². The predicted octanol–water partition coefficient (Wildman–Crippen LogP) is 4.68. The first kappa shape index (κ1) is 26.2. The van der Waals surface area contributed by atoms with E-state index in [2.05, 4.69) is 26.9 Å². The van der Waals surface area contributed by atoms with Crippen LogP contribution in [0.1, 0.15) is 74.5 Å². The van der Waals surface area contributed by atoms with Gasteiger partial charge in [0.05, 0.1) is 19.3 Å². The molecule has 1 aliphatic carbocycles. The molecule has 0 radical (unpaired) electrons. The number of nitrogens with zero attached hydrogens (tertiary/aromatic N) is 5. The molecule has 1 saturated carbocycles. The number of aryl methyl sites for hydroxylation is 1. The van der Waals surface area contributed by atoms with Crippen LogP contribution in [0.15, 0.2) is 12.4 Å². The zero-order chi connectivity index (χ0) is 26.2. The molecule has 2 unspecified atom stereocenters. The van der Waals surface area contributed by atoms with Crippen LogP contribution in [0.25, 0.3) is 0 Å². The van der Waals surface area contributed by atoms with Crippen LogP contribution in [-0.4, -0.2) is 52.2 Å². The highest BCUT2D eigenvalue weighted by Crippen LogP contribution is 2.35. The second-order valence-electron chi connectivity index (χ2n) is 10.1. The molecular formula is C25H32F3N5O3. The number of rotatable bonds is 9. The zero-order valence-corrected chi connectivity index (χ0v) is 21.2. The molecule has 1 aliphatic heterocycles. The second-order valence-corrected chi connectivity index (χ2v) is 10.1. The average molecular weight is 508 g/mol. The fraction of sp³-hybridized carbons (Fsp3) is 0.640. The molecule has 2 aromatic rings. The molecule has 2 fully saturated rings. The lowest BCUT2D eigenvalue weighted by atomic mass is 9.87. The Bertz CT molecular complexity index is 1110. The number of alkyl halides is 3. The van der Waals surface area contributed by atoms with Gasteiger partial charge in [-0.1, -0.05) is 20.8 Å². The first-order valence-corrected chi connectivity index (χ1v) is 12.2. The second kappa shape index (κ2) is 10.3. The van der Waals surface area contributed by atoms with Crippen LogP contribution in [0, 0.1) is 18.8 Å². The van der Waals surface area contributed by atoms with E-state index >= 15 is 0 Å². The molecular weight excluding hydrogens is 475 g/mol. The number of ether oxygens (including phenoxy) is 2. The Morgan fingerprint density at radius 2 is 1.86 bits per heavy atom. The van der Waals surface area contributed by atoms with E-state index in [9.17, 15) is 18.0 Å². The molecule has 0 N–H and O–H groups in total. The Labute approximate surface area is 208 Å². The first-order valence-electron chi connectivity index (χ1n) is 12.2. The SMILES string of the molecule is Cc1nc(N(C)C(=O)C2CC2)ncc1[C@H](C)CC1OCC1COc1nc(C(F)(F)F)ncc1C(C)C. The lowest BCUT2D eigenvalue weighted by molar-refractivity contribution is -0.146. The van der Waals surface area contributed by atoms with Crippen molar-refractivity contribution in [3.63, 3.8) is 0 Å². The van der Waals surface area contributed by atoms with Gasteiger partial charge in [0.1, 0.15) is 0 Å². The highest BCUT2D eigenvalue weighted by molar-refractivity contribution is 5.94. The molecule has 2 aliphatic rings. The number of amides is 1. The third-order valence-corrected chi connectivity index (χ3v) is 6.82. The van der Waals surface area contributed by atoms with Crippen molar-refractivity contribution in [1.82, 2.24) is 19.9 Å². The molecule has 196 valence electrons. The van der Waals surface area contributed by atoms with Gasteiger partial charge < -0.3 is 9.47 Å². The summed E-state index contributed by atoms with van der Waals surface area (Å²) in [7, 11) is 1.70. The van der Waals surface area contributed by atoms with E-state index in [1.54, 1.807) is 13.2 Å². The van der Waals surface area contributed by atoms with Crippen molar-refractivity contribution in [2.24, 2.45) is 11.8 Å². The summed E-state index contributed by atoms with van der Waals surface area (Å²) in [6, 6.07) is 0. The Hall–Kier alpha value is -2.82. The van der Waals surface area contributed by atoms with Crippen molar-refractivity contribution in [3.05, 3.63) is 35.0 Å². The van der Waals surface area contributed by atoms with Gasteiger partial charge in [-0.2, -0.15) is 18.2 Å². The van der Waals surface area contributed by atoms with Crippen LogP contribution in [0.2, 0.25) is 0 Å². The van der Waals surface area contributed by atoms with Gasteiger partial charge in [-0.15, -0.1) is 0 Å². The summed E-state index contributed by atoms with van der Waals surface area (Å²) < 4.78 is 50.8. The molecule has 36 heavy (non-hydrogen) atoms. The van der Waals surface area contributed by atoms with E-state index in [-0.39, 0.29) is 48.2 Å². The third-order valence-electron chi connectivity index (χ3n) is 6.82. The van der Waals surface area contributed by atoms with E-state index in [1.165, 1.54) is 11.1 Å². The molecule has 3 heterocycles. The predicted molar refractivity (Wildman–Crippen MR) is 126 cm³/mol. The number of halogens is 3. The molecule has 4 rings (SSSR count). The summed E-state index contributed by atoms with van der Waals surface area (Å²) >= 11 is 0. The fourth-order valence-electron chi connectivity index (χ4n) is 4.28. The van der Waals surface area contributed by atoms with Crippen molar-refractivity contribution >= 4 is 11.9 Å². The molecule has 0 bridgehead atoms. The van der Waals surface area contributed by atoms with Crippen molar-refractivity contribution in [3.8, 4) is 5.88 Å². The van der Waals surface area contributed by atoms with Crippen molar-refractivity contribution in [2.75, 3.05) is 25.2 Å². The quantitative estimate of drug-likeness (QED) is 0.487. The lowest BCUT2D eigenvalue weighted by Crippen LogP contribution is -2.44. The summed E-state index contributed by atoms with van der Waals surface area (Å²) in [4.78, 5) is 29.9. The fourth-order valence-corrected chi connectivity index (χ4v) is 4.28. The summed E-state index contributed by atoms with van der Waals surface area (Å²) in [5, 5.41) is 0. The molecule has 0 aromatic carbocycles. The van der Waals surface area contributed by atoms with Gasteiger partial charge in [0.2, 0.25) is 23.6 Å². The van der Waals surface area contributed by atoms with Crippen molar-refractivity contribution in [1.29, 1.82) is 0 Å². The maximum atomic E-state index is 13.1. The Balaban J connectivity index is 1.37. The third kappa shape index (κ3) is 5.77. The van der Waals surface area contributed by atoms with Gasteiger partial charge in [0.15, 0.2) is 0 Å². The molecule has 0 spiro atoms. The van der Waals surface area contributed by atoms with Crippen LogP contribution < -0.4 is 9.64 Å². The molecule has 8 nitrogen and oxygen atoms in total. The van der Waals surface area contributed by atoms with Gasteiger partial charge in [0, 0.05) is 42.5 Å². The zero-order valence-electron chi connectivity index (χ0n) is 21.2.